The molecule has 0 unspecified atom stereocenters. The molecule has 0 radical (unpaired) electrons. The molecule has 48 heavy (non-hydrogen) atoms. The molecule has 1 aliphatic rings. The molecule has 3 aromatic rings. The van der Waals surface area contributed by atoms with E-state index in [1.165, 1.54) is 4.70 Å². The zero-order valence-electron chi connectivity index (χ0n) is 29.7. The van der Waals surface area contributed by atoms with Crippen molar-refractivity contribution in [2.24, 2.45) is 0 Å². The molecule has 4 rings (SSSR count). The molecular formula is C36H51BrN2O6S2Si. The van der Waals surface area contributed by atoms with E-state index in [0.717, 1.165) is 27.5 Å². The smallest absolute Gasteiger partial charge is 0.199 e. The Hall–Kier alpha value is -1.61. The molecule has 0 aliphatic carbocycles. The number of hydrogen-bond acceptors (Lipinski definition) is 10. The Morgan fingerprint density at radius 3 is 2.65 bits per heavy atom. The number of halogens is 1. The lowest BCUT2D eigenvalue weighted by atomic mass is 9.92. The molecule has 5 atom stereocenters. The average Bonchev–Trinajstić information content (AvgIpc) is 3.68. The number of benzene rings is 1. The number of thiazole rings is 1. The van der Waals surface area contributed by atoms with Crippen LogP contribution < -0.4 is 0 Å². The van der Waals surface area contributed by atoms with Crippen LogP contribution in [-0.4, -0.2) is 69.8 Å². The van der Waals surface area contributed by atoms with Crippen molar-refractivity contribution < 1.29 is 27.8 Å². The van der Waals surface area contributed by atoms with Crippen molar-refractivity contribution in [3.63, 3.8) is 0 Å². The monoisotopic (exact) mass is 778 g/mol. The quantitative estimate of drug-likeness (QED) is 0.0802. The molecule has 1 fully saturated rings. The van der Waals surface area contributed by atoms with E-state index in [1.54, 1.807) is 50.7 Å². The predicted octanol–water partition coefficient (Wildman–Crippen LogP) is 9.86. The normalized spacial score (nSPS) is 22.7. The summed E-state index contributed by atoms with van der Waals surface area (Å²) in [6, 6.07) is 8.18. The van der Waals surface area contributed by atoms with E-state index >= 15 is 0 Å². The van der Waals surface area contributed by atoms with Crippen LogP contribution in [0, 0.1) is 0 Å². The second-order valence-corrected chi connectivity index (χ2v) is 21.2. The van der Waals surface area contributed by atoms with Crippen LogP contribution in [0.3, 0.4) is 0 Å². The maximum Gasteiger partial charge on any atom is 0.199 e. The molecule has 0 N–H and O–H groups in total. The molecular weight excluding hydrogens is 729 g/mol. The van der Waals surface area contributed by atoms with E-state index in [4.69, 9.17) is 37.8 Å². The SMILES string of the molecule is CO[C@@H]1C[C@H]([C@@H](/C=C(C)/C=C/[C@@H](C/C=C/Br)OC)O[Si](C)(C)C(C)(C)C)O[C@@](Cc2nc(CSc3nc4ccccc4s3)co2)(OC)C1. The first kappa shape index (κ1) is 39.2. The highest BCUT2D eigenvalue weighted by Crippen LogP contribution is 2.41. The minimum absolute atomic E-state index is 0.0114. The van der Waals surface area contributed by atoms with Crippen LogP contribution >= 0.6 is 39.0 Å². The minimum Gasteiger partial charge on any atom is -0.448 e. The molecule has 0 amide bonds. The molecule has 8 nitrogen and oxygen atoms in total. The third-order valence-corrected chi connectivity index (χ3v) is 16.2. The van der Waals surface area contributed by atoms with Crippen LogP contribution in [0.15, 0.2) is 74.1 Å². The Labute approximate surface area is 304 Å². The summed E-state index contributed by atoms with van der Waals surface area (Å²) < 4.78 is 40.0. The van der Waals surface area contributed by atoms with Crippen LogP contribution in [0.2, 0.25) is 18.1 Å². The zero-order valence-corrected chi connectivity index (χ0v) is 33.9. The van der Waals surface area contributed by atoms with Gasteiger partial charge in [0.1, 0.15) is 6.26 Å². The van der Waals surface area contributed by atoms with Gasteiger partial charge >= 0.3 is 0 Å². The number of aromatic nitrogens is 2. The molecule has 2 aromatic heterocycles. The van der Waals surface area contributed by atoms with Gasteiger partial charge in [0.25, 0.3) is 0 Å². The fraction of sp³-hybridized carbons (Fsp3) is 0.556. The van der Waals surface area contributed by atoms with Crippen molar-refractivity contribution in [2.45, 2.75) is 112 Å². The number of thioether (sulfide) groups is 1. The Balaban J connectivity index is 1.55. The molecule has 12 heteroatoms. The maximum absolute atomic E-state index is 7.09. The van der Waals surface area contributed by atoms with Gasteiger partial charge in [0.2, 0.25) is 0 Å². The van der Waals surface area contributed by atoms with Crippen LogP contribution in [-0.2, 0) is 35.5 Å². The number of methoxy groups -OCH3 is 3. The fourth-order valence-corrected chi connectivity index (χ4v) is 8.70. The number of fused-ring (bicyclic) bond motifs is 1. The van der Waals surface area contributed by atoms with Gasteiger partial charge < -0.3 is 27.8 Å². The molecule has 1 aliphatic heterocycles. The summed E-state index contributed by atoms with van der Waals surface area (Å²) in [6.45, 7) is 13.4. The first-order valence-electron chi connectivity index (χ1n) is 16.3. The number of para-hydroxylation sites is 1. The van der Waals surface area contributed by atoms with E-state index in [2.05, 4.69) is 81.0 Å². The number of allylic oxidation sites excluding steroid dienone is 2. The second-order valence-electron chi connectivity index (χ2n) is 13.7. The van der Waals surface area contributed by atoms with Crippen LogP contribution in [0.4, 0.5) is 0 Å². The van der Waals surface area contributed by atoms with E-state index < -0.39 is 14.1 Å². The fourth-order valence-electron chi connectivity index (χ4n) is 5.28. The lowest BCUT2D eigenvalue weighted by molar-refractivity contribution is -0.297. The van der Waals surface area contributed by atoms with Gasteiger partial charge in [-0.3, -0.25) is 0 Å². The second kappa shape index (κ2) is 17.5. The molecule has 3 heterocycles. The van der Waals surface area contributed by atoms with Crippen molar-refractivity contribution in [3.05, 3.63) is 77.0 Å². The van der Waals surface area contributed by atoms with Gasteiger partial charge in [-0.1, -0.05) is 90.5 Å². The number of oxazole rings is 1. The highest BCUT2D eigenvalue weighted by Gasteiger charge is 2.48. The molecule has 0 bridgehead atoms. The van der Waals surface area contributed by atoms with Gasteiger partial charge in [-0.25, -0.2) is 9.97 Å². The maximum atomic E-state index is 7.09. The van der Waals surface area contributed by atoms with Gasteiger partial charge in [-0.15, -0.1) is 11.3 Å². The summed E-state index contributed by atoms with van der Waals surface area (Å²) in [5.41, 5.74) is 2.93. The largest absolute Gasteiger partial charge is 0.448 e. The third kappa shape index (κ3) is 10.7. The van der Waals surface area contributed by atoms with Gasteiger partial charge in [0, 0.05) is 39.9 Å². The molecule has 1 saturated heterocycles. The highest BCUT2D eigenvalue weighted by atomic mass is 79.9. The standard InChI is InChI=1S/C36H51BrN2O6S2Si/c1-25(16-17-27(40-5)13-12-18-37)19-31(45-48(8,9)35(2,3)4)30-20-28(41-6)21-36(42-7,44-30)22-33-38-26(23-43-33)24-46-34-39-29-14-10-11-15-32(29)47-34/h10-12,14-19,23,27-28,30-31H,13,20-22,24H2,1-9H3/b17-16+,18-12+,25-19+/t27-,28-,30-,31-,36+/m1/s1. The van der Waals surface area contributed by atoms with E-state index in [1.807, 2.05) is 29.3 Å². The Kier molecular flexibility index (Phi) is 14.3. The Morgan fingerprint density at radius 1 is 1.21 bits per heavy atom. The summed E-state index contributed by atoms with van der Waals surface area (Å²) in [4.78, 5) is 11.4. The molecule has 0 spiro atoms. The summed E-state index contributed by atoms with van der Waals surface area (Å²) in [5, 5.41) is 0.0114. The van der Waals surface area contributed by atoms with Crippen LogP contribution in [0.5, 0.6) is 0 Å². The van der Waals surface area contributed by atoms with Crippen LogP contribution in [0.25, 0.3) is 10.2 Å². The van der Waals surface area contributed by atoms with Crippen molar-refractivity contribution in [2.75, 3.05) is 21.3 Å². The lowest BCUT2D eigenvalue weighted by Gasteiger charge is -2.47. The van der Waals surface area contributed by atoms with Crippen molar-refractivity contribution >= 4 is 57.6 Å². The topological polar surface area (TPSA) is 85.1 Å². The first-order valence-corrected chi connectivity index (χ1v) is 21.9. The zero-order chi connectivity index (χ0) is 35.0. The first-order chi connectivity index (χ1) is 22.8. The van der Waals surface area contributed by atoms with E-state index in [9.17, 15) is 0 Å². The molecule has 1 aromatic carbocycles. The molecule has 0 saturated carbocycles. The number of rotatable bonds is 16. The van der Waals surface area contributed by atoms with Gasteiger partial charge in [0.05, 0.1) is 46.7 Å². The summed E-state index contributed by atoms with van der Waals surface area (Å²) in [6.07, 6.45) is 11.7. The van der Waals surface area contributed by atoms with Gasteiger partial charge in [-0.2, -0.15) is 0 Å². The summed E-state index contributed by atoms with van der Waals surface area (Å²) in [7, 11) is 2.95. The average molecular weight is 780 g/mol. The van der Waals surface area contributed by atoms with E-state index in [0.29, 0.717) is 30.9 Å². The summed E-state index contributed by atoms with van der Waals surface area (Å²) in [5.74, 6) is 0.220. The minimum atomic E-state index is -2.20. The summed E-state index contributed by atoms with van der Waals surface area (Å²) >= 11 is 6.69. The number of hydrogen-bond donors (Lipinski definition) is 0. The van der Waals surface area contributed by atoms with Gasteiger partial charge in [0.15, 0.2) is 24.3 Å². The predicted molar refractivity (Wildman–Crippen MR) is 202 cm³/mol. The van der Waals surface area contributed by atoms with Crippen molar-refractivity contribution in [1.82, 2.24) is 9.97 Å². The van der Waals surface area contributed by atoms with E-state index in [-0.39, 0.29) is 29.5 Å². The Bertz CT molecular complexity index is 1520. The lowest BCUT2D eigenvalue weighted by Crippen LogP contribution is -2.55. The highest BCUT2D eigenvalue weighted by molar-refractivity contribution is 9.11. The third-order valence-electron chi connectivity index (χ3n) is 9.11. The number of nitrogens with zero attached hydrogens (tertiary/aromatic N) is 2. The van der Waals surface area contributed by atoms with Crippen molar-refractivity contribution in [1.29, 1.82) is 0 Å². The van der Waals surface area contributed by atoms with Crippen LogP contribution in [0.1, 0.15) is 58.5 Å². The number of ether oxygens (including phenoxy) is 4. The van der Waals surface area contributed by atoms with Crippen molar-refractivity contribution in [3.8, 4) is 0 Å². The Morgan fingerprint density at radius 2 is 1.98 bits per heavy atom. The molecule has 264 valence electrons. The van der Waals surface area contributed by atoms with Gasteiger partial charge in [-0.05, 0) is 48.6 Å².